The van der Waals surface area contributed by atoms with E-state index in [0.29, 0.717) is 13.0 Å². The summed E-state index contributed by atoms with van der Waals surface area (Å²) in [5.41, 5.74) is 5.27. The highest BCUT2D eigenvalue weighted by atomic mass is 19.3. The normalized spacial score (nSPS) is 12.6. The van der Waals surface area contributed by atoms with Crippen LogP contribution in [-0.4, -0.2) is 31.0 Å². The van der Waals surface area contributed by atoms with Gasteiger partial charge in [-0.3, -0.25) is 9.59 Å². The van der Waals surface area contributed by atoms with E-state index >= 15 is 0 Å². The Balaban J connectivity index is 2.35. The molecule has 0 spiro atoms. The molecule has 0 fully saturated rings. The second-order valence-corrected chi connectivity index (χ2v) is 6.50. The first-order chi connectivity index (χ1) is 11.6. The van der Waals surface area contributed by atoms with Gasteiger partial charge in [-0.15, -0.1) is 0 Å². The predicted molar refractivity (Wildman–Crippen MR) is 91.4 cm³/mol. The van der Waals surface area contributed by atoms with Gasteiger partial charge in [0.1, 0.15) is 5.75 Å². The van der Waals surface area contributed by atoms with Crippen LogP contribution in [0.5, 0.6) is 5.75 Å². The standard InChI is InChI=1S/C17H25F2N3O3/c1-11(22-14(23)8-9-17(2,3)15(20)24)10-21-12-4-6-13(7-5-12)25-16(18)19/h4-7,11,16,21H,8-10H2,1-3H3,(H2,20,24)(H,22,23)/t11-/m0/s1. The molecule has 1 atom stereocenters. The van der Waals surface area contributed by atoms with Crippen molar-refractivity contribution in [3.05, 3.63) is 24.3 Å². The van der Waals surface area contributed by atoms with E-state index in [4.69, 9.17) is 5.73 Å². The van der Waals surface area contributed by atoms with Crippen LogP contribution in [0, 0.1) is 5.41 Å². The first-order valence-electron chi connectivity index (χ1n) is 7.98. The number of carbonyl (C=O) groups is 2. The third kappa shape index (κ3) is 7.82. The van der Waals surface area contributed by atoms with Crippen molar-refractivity contribution in [2.75, 3.05) is 11.9 Å². The number of primary amides is 1. The van der Waals surface area contributed by atoms with E-state index < -0.39 is 17.9 Å². The molecular weight excluding hydrogens is 332 g/mol. The van der Waals surface area contributed by atoms with E-state index in [-0.39, 0.29) is 24.1 Å². The fourth-order valence-electron chi connectivity index (χ4n) is 1.97. The third-order valence-electron chi connectivity index (χ3n) is 3.74. The maximum absolute atomic E-state index is 12.1. The summed E-state index contributed by atoms with van der Waals surface area (Å²) in [6.07, 6.45) is 0.583. The van der Waals surface area contributed by atoms with Crippen molar-refractivity contribution in [3.8, 4) is 5.75 Å². The second kappa shape index (κ2) is 9.19. The molecule has 1 rings (SSSR count). The molecule has 140 valence electrons. The van der Waals surface area contributed by atoms with Gasteiger partial charge in [0.15, 0.2) is 0 Å². The lowest BCUT2D eigenvalue weighted by Crippen LogP contribution is -2.39. The molecular formula is C17H25F2N3O3. The van der Waals surface area contributed by atoms with Gasteiger partial charge in [0.05, 0.1) is 0 Å². The largest absolute Gasteiger partial charge is 0.435 e. The number of amides is 2. The Kier molecular flexibility index (Phi) is 7.60. The summed E-state index contributed by atoms with van der Waals surface area (Å²) in [5.74, 6) is -0.516. The van der Waals surface area contributed by atoms with Gasteiger partial charge < -0.3 is 21.1 Å². The average molecular weight is 357 g/mol. The topological polar surface area (TPSA) is 93.4 Å². The number of nitrogens with two attached hydrogens (primary N) is 1. The molecule has 0 aliphatic carbocycles. The fourth-order valence-corrected chi connectivity index (χ4v) is 1.97. The molecule has 6 nitrogen and oxygen atoms in total. The lowest BCUT2D eigenvalue weighted by Gasteiger charge is -2.21. The van der Waals surface area contributed by atoms with Gasteiger partial charge >= 0.3 is 6.61 Å². The van der Waals surface area contributed by atoms with Gasteiger partial charge in [0, 0.05) is 30.1 Å². The minimum Gasteiger partial charge on any atom is -0.435 e. The molecule has 1 aromatic carbocycles. The molecule has 0 saturated carbocycles. The van der Waals surface area contributed by atoms with Crippen molar-refractivity contribution in [3.63, 3.8) is 0 Å². The highest BCUT2D eigenvalue weighted by molar-refractivity contribution is 5.81. The van der Waals surface area contributed by atoms with Crippen LogP contribution in [0.2, 0.25) is 0 Å². The molecule has 0 bridgehead atoms. The zero-order valence-corrected chi connectivity index (χ0v) is 14.6. The number of carbonyl (C=O) groups excluding carboxylic acids is 2. The van der Waals surface area contributed by atoms with Gasteiger partial charge in [0.25, 0.3) is 0 Å². The molecule has 1 aromatic rings. The Morgan fingerprint density at radius 3 is 2.36 bits per heavy atom. The van der Waals surface area contributed by atoms with E-state index in [1.807, 2.05) is 6.92 Å². The molecule has 0 aliphatic rings. The lowest BCUT2D eigenvalue weighted by atomic mass is 9.87. The van der Waals surface area contributed by atoms with Gasteiger partial charge in [-0.25, -0.2) is 0 Å². The summed E-state index contributed by atoms with van der Waals surface area (Å²) in [7, 11) is 0. The van der Waals surface area contributed by atoms with Crippen LogP contribution in [0.3, 0.4) is 0 Å². The van der Waals surface area contributed by atoms with Crippen molar-refractivity contribution in [1.82, 2.24) is 5.32 Å². The Bertz CT molecular complexity index is 577. The molecule has 0 saturated heterocycles. The van der Waals surface area contributed by atoms with E-state index in [1.54, 1.807) is 26.0 Å². The van der Waals surface area contributed by atoms with Crippen LogP contribution in [0.4, 0.5) is 14.5 Å². The zero-order chi connectivity index (χ0) is 19.0. The van der Waals surface area contributed by atoms with Crippen LogP contribution in [-0.2, 0) is 9.59 Å². The summed E-state index contributed by atoms with van der Waals surface area (Å²) < 4.78 is 28.4. The van der Waals surface area contributed by atoms with Gasteiger partial charge in [-0.05, 0) is 37.6 Å². The van der Waals surface area contributed by atoms with Crippen molar-refractivity contribution in [1.29, 1.82) is 0 Å². The third-order valence-corrected chi connectivity index (χ3v) is 3.74. The number of hydrogen-bond acceptors (Lipinski definition) is 4. The number of alkyl halides is 2. The second-order valence-electron chi connectivity index (χ2n) is 6.50. The zero-order valence-electron chi connectivity index (χ0n) is 14.6. The van der Waals surface area contributed by atoms with E-state index in [9.17, 15) is 18.4 Å². The Morgan fingerprint density at radius 1 is 1.24 bits per heavy atom. The summed E-state index contributed by atoms with van der Waals surface area (Å²) >= 11 is 0. The Labute approximate surface area is 146 Å². The van der Waals surface area contributed by atoms with Crippen molar-refractivity contribution in [2.45, 2.75) is 46.3 Å². The molecule has 0 aliphatic heterocycles. The number of ether oxygens (including phenoxy) is 1. The lowest BCUT2D eigenvalue weighted by molar-refractivity contribution is -0.127. The maximum Gasteiger partial charge on any atom is 0.387 e. The van der Waals surface area contributed by atoms with Crippen LogP contribution >= 0.6 is 0 Å². The number of hydrogen-bond donors (Lipinski definition) is 3. The summed E-state index contributed by atoms with van der Waals surface area (Å²) in [6, 6.07) is 5.94. The van der Waals surface area contributed by atoms with E-state index in [0.717, 1.165) is 5.69 Å². The SMILES string of the molecule is C[C@@H](CNc1ccc(OC(F)F)cc1)NC(=O)CCC(C)(C)C(N)=O. The average Bonchev–Trinajstić information content (AvgIpc) is 2.52. The van der Waals surface area contributed by atoms with Gasteiger partial charge in [-0.2, -0.15) is 8.78 Å². The fraction of sp³-hybridized carbons (Fsp3) is 0.529. The predicted octanol–water partition coefficient (Wildman–Crippen LogP) is 2.50. The molecule has 4 N–H and O–H groups in total. The van der Waals surface area contributed by atoms with E-state index in [2.05, 4.69) is 15.4 Å². The minimum atomic E-state index is -2.85. The smallest absolute Gasteiger partial charge is 0.387 e. The minimum absolute atomic E-state index is 0.0824. The Morgan fingerprint density at radius 2 is 1.84 bits per heavy atom. The van der Waals surface area contributed by atoms with Gasteiger partial charge in [0.2, 0.25) is 11.8 Å². The molecule has 0 unspecified atom stereocenters. The summed E-state index contributed by atoms with van der Waals surface area (Å²) in [4.78, 5) is 23.1. The highest BCUT2D eigenvalue weighted by Crippen LogP contribution is 2.21. The number of benzene rings is 1. The molecule has 0 heterocycles. The molecule has 0 aromatic heterocycles. The monoisotopic (exact) mass is 357 g/mol. The van der Waals surface area contributed by atoms with Crippen LogP contribution in [0.1, 0.15) is 33.6 Å². The number of nitrogens with one attached hydrogen (secondary N) is 2. The highest BCUT2D eigenvalue weighted by Gasteiger charge is 2.25. The first kappa shape index (κ1) is 20.7. The van der Waals surface area contributed by atoms with Crippen molar-refractivity contribution < 1.29 is 23.1 Å². The summed E-state index contributed by atoms with van der Waals surface area (Å²) in [5, 5.41) is 5.91. The maximum atomic E-state index is 12.1. The van der Waals surface area contributed by atoms with Crippen molar-refractivity contribution in [2.24, 2.45) is 11.1 Å². The van der Waals surface area contributed by atoms with Crippen LogP contribution in [0.25, 0.3) is 0 Å². The Hall–Kier alpha value is -2.38. The molecule has 2 amide bonds. The molecule has 0 radical (unpaired) electrons. The summed E-state index contributed by atoms with van der Waals surface area (Å²) in [6.45, 7) is 2.84. The number of rotatable bonds is 10. The van der Waals surface area contributed by atoms with Crippen LogP contribution in [0.15, 0.2) is 24.3 Å². The van der Waals surface area contributed by atoms with Crippen LogP contribution < -0.4 is 21.1 Å². The van der Waals surface area contributed by atoms with E-state index in [1.165, 1.54) is 12.1 Å². The van der Waals surface area contributed by atoms with Gasteiger partial charge in [-0.1, -0.05) is 13.8 Å². The number of anilines is 1. The quantitative estimate of drug-likeness (QED) is 0.600. The molecule has 25 heavy (non-hydrogen) atoms. The first-order valence-corrected chi connectivity index (χ1v) is 7.98. The molecule has 8 heteroatoms. The van der Waals surface area contributed by atoms with Crippen molar-refractivity contribution >= 4 is 17.5 Å². The number of halogens is 2.